The topological polar surface area (TPSA) is 164 Å². The highest BCUT2D eigenvalue weighted by Gasteiger charge is 2.16. The molecule has 0 spiro atoms. The van der Waals surface area contributed by atoms with Gasteiger partial charge in [0.1, 0.15) is 5.69 Å². The van der Waals surface area contributed by atoms with Crippen LogP contribution in [0.1, 0.15) is 40.1 Å². The van der Waals surface area contributed by atoms with Gasteiger partial charge in [-0.15, -0.1) is 0 Å². The zero-order valence-electron chi connectivity index (χ0n) is 20.0. The molecule has 0 amide bonds. The van der Waals surface area contributed by atoms with Gasteiger partial charge in [0, 0.05) is 38.7 Å². The molecule has 1 heterocycles. The van der Waals surface area contributed by atoms with E-state index in [2.05, 4.69) is 15.3 Å². The summed E-state index contributed by atoms with van der Waals surface area (Å²) in [4.78, 5) is 9.57. The predicted octanol–water partition coefficient (Wildman–Crippen LogP) is 3.33. The Labute approximate surface area is 211 Å². The molecule has 0 saturated carbocycles. The van der Waals surface area contributed by atoms with Crippen molar-refractivity contribution in [3.8, 4) is 11.3 Å². The lowest BCUT2D eigenvalue weighted by Crippen LogP contribution is -2.16. The normalized spacial score (nSPS) is 12.3. The number of ether oxygens (including phenoxy) is 1. The fourth-order valence-electron chi connectivity index (χ4n) is 3.27. The van der Waals surface area contributed by atoms with Crippen molar-refractivity contribution in [3.05, 3.63) is 77.2 Å². The van der Waals surface area contributed by atoms with Gasteiger partial charge >= 0.3 is 0 Å². The first-order valence-corrected chi connectivity index (χ1v) is 12.1. The SMILES string of the molecule is CNCc1ccc(C(=N)OC(=N)c2nc(-c3ccc(S(=O)C(C)CCO)cc3)cnc2C)cc1.O.[HH].[HH].[HH]. The van der Waals surface area contributed by atoms with Crippen LogP contribution in [-0.2, 0) is 22.1 Å². The van der Waals surface area contributed by atoms with E-state index in [-0.39, 0.29) is 39.1 Å². The molecule has 9 nitrogen and oxygen atoms in total. The Morgan fingerprint density at radius 3 is 2.40 bits per heavy atom. The van der Waals surface area contributed by atoms with Crippen molar-refractivity contribution < 1.29 is 23.8 Å². The molecule has 192 valence electrons. The molecule has 2 atom stereocenters. The van der Waals surface area contributed by atoms with E-state index in [9.17, 15) is 4.21 Å². The van der Waals surface area contributed by atoms with Gasteiger partial charge in [0.15, 0.2) is 0 Å². The average Bonchev–Trinajstić information content (AvgIpc) is 2.84. The predicted molar refractivity (Wildman–Crippen MR) is 144 cm³/mol. The molecule has 2 aromatic carbocycles. The molecule has 35 heavy (non-hydrogen) atoms. The van der Waals surface area contributed by atoms with Gasteiger partial charge in [-0.25, -0.2) is 4.98 Å². The molecule has 0 saturated heterocycles. The van der Waals surface area contributed by atoms with Crippen LogP contribution in [0.25, 0.3) is 11.3 Å². The third kappa shape index (κ3) is 7.09. The van der Waals surface area contributed by atoms with E-state index < -0.39 is 10.8 Å². The molecular formula is C25H37N5O4S. The van der Waals surface area contributed by atoms with Gasteiger partial charge in [-0.3, -0.25) is 20.0 Å². The molecule has 0 aliphatic carbocycles. The third-order valence-corrected chi connectivity index (χ3v) is 6.96. The largest absolute Gasteiger partial charge is 0.419 e. The van der Waals surface area contributed by atoms with Crippen LogP contribution in [0.15, 0.2) is 59.6 Å². The van der Waals surface area contributed by atoms with Gasteiger partial charge in [0.25, 0.3) is 0 Å². The second-order valence-electron chi connectivity index (χ2n) is 7.82. The fourth-order valence-corrected chi connectivity index (χ4v) is 4.46. The van der Waals surface area contributed by atoms with Gasteiger partial charge in [0.05, 0.1) is 28.4 Å². The quantitative estimate of drug-likeness (QED) is 0.258. The molecule has 6 N–H and O–H groups in total. The van der Waals surface area contributed by atoms with E-state index in [1.54, 1.807) is 49.5 Å². The van der Waals surface area contributed by atoms with E-state index in [0.29, 0.717) is 28.3 Å². The standard InChI is InChI=1S/C25H29N5O3S.H2O.3H2/c1-16(12-13-31)34(32)21-10-8-19(9-11-21)22-15-29-17(2)23(30-22)25(27)33-24(26)20-6-4-18(5-7-20)14-28-3;;;;/h4-11,15-16,26-28,31H,12-14H2,1-3H3;1H2;3*1H. The molecule has 0 bridgehead atoms. The van der Waals surface area contributed by atoms with Crippen LogP contribution in [0.4, 0.5) is 0 Å². The molecule has 0 radical (unpaired) electrons. The lowest BCUT2D eigenvalue weighted by molar-refractivity contribution is 0.288. The Kier molecular flexibility index (Phi) is 10.3. The highest BCUT2D eigenvalue weighted by Crippen LogP contribution is 2.22. The first-order chi connectivity index (χ1) is 16.3. The van der Waals surface area contributed by atoms with Crippen LogP contribution in [0.2, 0.25) is 0 Å². The van der Waals surface area contributed by atoms with Crippen molar-refractivity contribution >= 4 is 22.6 Å². The lowest BCUT2D eigenvalue weighted by atomic mass is 10.1. The summed E-state index contributed by atoms with van der Waals surface area (Å²) in [6, 6.07) is 14.5. The molecule has 3 aromatic rings. The number of aryl methyl sites for hydroxylation is 1. The maximum atomic E-state index is 12.5. The van der Waals surface area contributed by atoms with Gasteiger partial charge in [-0.05, 0) is 50.2 Å². The zero-order chi connectivity index (χ0) is 24.7. The maximum absolute atomic E-state index is 12.5. The van der Waals surface area contributed by atoms with Crippen molar-refractivity contribution in [2.24, 2.45) is 0 Å². The van der Waals surface area contributed by atoms with Crippen LogP contribution in [0.3, 0.4) is 0 Å². The second kappa shape index (κ2) is 13.0. The van der Waals surface area contributed by atoms with Crippen molar-refractivity contribution in [1.29, 1.82) is 10.8 Å². The molecule has 1 aromatic heterocycles. The van der Waals surface area contributed by atoms with Crippen LogP contribution >= 0.6 is 0 Å². The summed E-state index contributed by atoms with van der Waals surface area (Å²) in [6.45, 7) is 4.30. The number of hydrogen-bond donors (Lipinski definition) is 4. The lowest BCUT2D eigenvalue weighted by Gasteiger charge is -2.12. The minimum absolute atomic E-state index is 0. The van der Waals surface area contributed by atoms with Crippen molar-refractivity contribution in [3.63, 3.8) is 0 Å². The summed E-state index contributed by atoms with van der Waals surface area (Å²) in [6.07, 6.45) is 2.08. The van der Waals surface area contributed by atoms with Gasteiger partial charge in [0.2, 0.25) is 11.8 Å². The first kappa shape index (κ1) is 27.9. The number of aliphatic hydroxyl groups excluding tert-OH is 1. The number of rotatable bonds is 9. The Bertz CT molecular complexity index is 1200. The molecule has 0 aliphatic heterocycles. The van der Waals surface area contributed by atoms with Crippen LogP contribution in [0.5, 0.6) is 0 Å². The van der Waals surface area contributed by atoms with Crippen LogP contribution < -0.4 is 5.32 Å². The smallest absolute Gasteiger partial charge is 0.241 e. The number of nitrogens with zero attached hydrogens (tertiary/aromatic N) is 2. The molecule has 10 heteroatoms. The second-order valence-corrected chi connectivity index (χ2v) is 9.69. The van der Waals surface area contributed by atoms with Gasteiger partial charge in [-0.2, -0.15) is 0 Å². The zero-order valence-corrected chi connectivity index (χ0v) is 20.8. The Hall–Kier alpha value is -3.31. The summed E-state index contributed by atoms with van der Waals surface area (Å²) in [5, 5.41) is 28.6. The number of hydrogen-bond acceptors (Lipinski definition) is 8. The highest BCUT2D eigenvalue weighted by atomic mass is 32.2. The number of nitrogens with one attached hydrogen (secondary N) is 3. The Morgan fingerprint density at radius 1 is 1.14 bits per heavy atom. The monoisotopic (exact) mass is 503 g/mol. The van der Waals surface area contributed by atoms with E-state index in [0.717, 1.165) is 17.7 Å². The average molecular weight is 504 g/mol. The van der Waals surface area contributed by atoms with Crippen molar-refractivity contribution in [2.45, 2.75) is 37.0 Å². The molecule has 3 rings (SSSR count). The summed E-state index contributed by atoms with van der Waals surface area (Å²) in [5.74, 6) is -0.400. The minimum atomic E-state index is -1.21. The van der Waals surface area contributed by atoms with Crippen molar-refractivity contribution in [1.82, 2.24) is 15.3 Å². The highest BCUT2D eigenvalue weighted by molar-refractivity contribution is 7.85. The summed E-state index contributed by atoms with van der Waals surface area (Å²) < 4.78 is 18.0. The summed E-state index contributed by atoms with van der Waals surface area (Å²) >= 11 is 0. The van der Waals surface area contributed by atoms with Crippen molar-refractivity contribution in [2.75, 3.05) is 13.7 Å². The summed E-state index contributed by atoms with van der Waals surface area (Å²) in [5.41, 5.74) is 3.70. The number of aliphatic hydroxyl groups is 1. The van der Waals surface area contributed by atoms with Gasteiger partial charge < -0.3 is 20.6 Å². The van der Waals surface area contributed by atoms with E-state index in [1.807, 2.05) is 26.1 Å². The first-order valence-electron chi connectivity index (χ1n) is 10.9. The van der Waals surface area contributed by atoms with E-state index in [1.165, 1.54) is 0 Å². The van der Waals surface area contributed by atoms with Gasteiger partial charge in [-0.1, -0.05) is 31.2 Å². The number of aromatic nitrogens is 2. The summed E-state index contributed by atoms with van der Waals surface area (Å²) in [7, 11) is 0.655. The molecular weight excluding hydrogens is 466 g/mol. The van der Waals surface area contributed by atoms with Crippen LogP contribution in [0, 0.1) is 17.7 Å². The fraction of sp³-hybridized carbons (Fsp3) is 0.280. The van der Waals surface area contributed by atoms with Crippen LogP contribution in [-0.4, -0.2) is 55.5 Å². The maximum Gasteiger partial charge on any atom is 0.241 e. The van der Waals surface area contributed by atoms with E-state index >= 15 is 0 Å². The molecule has 0 aliphatic rings. The Morgan fingerprint density at radius 2 is 1.80 bits per heavy atom. The Balaban J connectivity index is 0. The van der Waals surface area contributed by atoms with E-state index in [4.69, 9.17) is 20.7 Å². The number of benzene rings is 2. The molecule has 2 unspecified atom stereocenters. The minimum Gasteiger partial charge on any atom is -0.419 e. The molecule has 0 fully saturated rings. The third-order valence-electron chi connectivity index (χ3n) is 5.26.